The summed E-state index contributed by atoms with van der Waals surface area (Å²) in [6.45, 7) is 2.26. The maximum atomic E-state index is 11.7. The minimum Gasteiger partial charge on any atom is -0.355 e. The lowest BCUT2D eigenvalue weighted by molar-refractivity contribution is -0.118. The molecule has 6 nitrogen and oxygen atoms in total. The van der Waals surface area contributed by atoms with Crippen LogP contribution in [0, 0.1) is 6.92 Å². The molecule has 21 heavy (non-hydrogen) atoms. The molecule has 0 atom stereocenters. The van der Waals surface area contributed by atoms with Gasteiger partial charge in [-0.25, -0.2) is 0 Å². The minimum atomic E-state index is -0.267. The molecule has 1 aliphatic carbocycles. The van der Waals surface area contributed by atoms with Gasteiger partial charge < -0.3 is 5.32 Å². The predicted molar refractivity (Wildman–Crippen MR) is 82.3 cm³/mol. The van der Waals surface area contributed by atoms with Crippen LogP contribution >= 0.6 is 11.8 Å². The molecule has 7 heteroatoms. The Bertz CT molecular complexity index is 583. The fourth-order valence-corrected chi connectivity index (χ4v) is 2.76. The molecule has 0 spiro atoms. The van der Waals surface area contributed by atoms with Crippen LogP contribution in [0.2, 0.25) is 0 Å². The van der Waals surface area contributed by atoms with Crippen molar-refractivity contribution < 1.29 is 4.79 Å². The average molecular weight is 308 g/mol. The van der Waals surface area contributed by atoms with E-state index in [-0.39, 0.29) is 17.2 Å². The fourth-order valence-electron chi connectivity index (χ4n) is 2.12. The molecule has 1 aromatic heterocycles. The number of amides is 1. The number of hydrogen-bond acceptors (Lipinski definition) is 5. The summed E-state index contributed by atoms with van der Waals surface area (Å²) in [7, 11) is 0. The summed E-state index contributed by atoms with van der Waals surface area (Å²) in [5, 5.41) is 10.8. The third-order valence-electron chi connectivity index (χ3n) is 3.33. The van der Waals surface area contributed by atoms with Crippen molar-refractivity contribution in [1.29, 1.82) is 0 Å². The van der Waals surface area contributed by atoms with Crippen molar-refractivity contribution in [3.05, 3.63) is 27.7 Å². The van der Waals surface area contributed by atoms with Gasteiger partial charge >= 0.3 is 0 Å². The molecular weight excluding hydrogens is 288 g/mol. The molecule has 1 heterocycles. The lowest BCUT2D eigenvalue weighted by Crippen LogP contribution is -2.27. The van der Waals surface area contributed by atoms with Crippen LogP contribution in [0.15, 0.2) is 21.6 Å². The molecule has 1 aromatic rings. The van der Waals surface area contributed by atoms with E-state index in [1.54, 1.807) is 6.92 Å². The van der Waals surface area contributed by atoms with Crippen molar-refractivity contribution in [2.24, 2.45) is 0 Å². The fraction of sp³-hybridized carbons (Fsp3) is 0.571. The molecule has 0 fully saturated rings. The average Bonchev–Trinajstić information content (AvgIpc) is 2.49. The van der Waals surface area contributed by atoms with E-state index in [2.05, 4.69) is 26.6 Å². The summed E-state index contributed by atoms with van der Waals surface area (Å²) < 4.78 is 0. The molecule has 2 N–H and O–H groups in total. The summed E-state index contributed by atoms with van der Waals surface area (Å²) >= 11 is 1.18. The van der Waals surface area contributed by atoms with Gasteiger partial charge in [0.15, 0.2) is 5.16 Å². The van der Waals surface area contributed by atoms with E-state index < -0.39 is 0 Å². The summed E-state index contributed by atoms with van der Waals surface area (Å²) in [6.07, 6.45) is 8.08. The number of carbonyl (C=O) groups excluding carboxylic acids is 1. The van der Waals surface area contributed by atoms with Crippen LogP contribution in [0.25, 0.3) is 0 Å². The van der Waals surface area contributed by atoms with E-state index in [1.165, 1.54) is 36.6 Å². The number of nitrogens with one attached hydrogen (secondary N) is 2. The Balaban J connectivity index is 1.68. The lowest BCUT2D eigenvalue weighted by atomic mass is 9.97. The predicted octanol–water partition coefficient (Wildman–Crippen LogP) is 1.57. The first-order valence-corrected chi connectivity index (χ1v) is 8.14. The quantitative estimate of drug-likeness (QED) is 0.615. The lowest BCUT2D eigenvalue weighted by Gasteiger charge is -2.12. The molecule has 0 saturated carbocycles. The van der Waals surface area contributed by atoms with Gasteiger partial charge in [0.2, 0.25) is 5.91 Å². The second kappa shape index (κ2) is 7.97. The molecule has 1 aliphatic rings. The van der Waals surface area contributed by atoms with Crippen molar-refractivity contribution in [3.63, 3.8) is 0 Å². The summed E-state index contributed by atoms with van der Waals surface area (Å²) in [4.78, 5) is 25.7. The van der Waals surface area contributed by atoms with Gasteiger partial charge in [0.05, 0.1) is 5.75 Å². The molecule has 2 rings (SSSR count). The number of aromatic nitrogens is 3. The van der Waals surface area contributed by atoms with Gasteiger partial charge in [0.25, 0.3) is 5.56 Å². The molecule has 0 radical (unpaired) electrons. The van der Waals surface area contributed by atoms with Crippen molar-refractivity contribution in [2.75, 3.05) is 12.3 Å². The SMILES string of the molecule is Cc1nnc(SCC(=O)NCCC2=CCCCC2)[nH]c1=O. The normalized spacial score (nSPS) is 14.6. The number of rotatable bonds is 6. The first kappa shape index (κ1) is 15.8. The summed E-state index contributed by atoms with van der Waals surface area (Å²) in [5.74, 6) is 0.173. The zero-order valence-corrected chi connectivity index (χ0v) is 13.0. The minimum absolute atomic E-state index is 0.0559. The maximum absolute atomic E-state index is 11.7. The van der Waals surface area contributed by atoms with Crippen LogP contribution in [0.1, 0.15) is 37.8 Å². The summed E-state index contributed by atoms with van der Waals surface area (Å²) in [5.41, 5.74) is 1.50. The van der Waals surface area contributed by atoms with E-state index in [4.69, 9.17) is 0 Å². The van der Waals surface area contributed by atoms with Crippen molar-refractivity contribution in [1.82, 2.24) is 20.5 Å². The zero-order chi connectivity index (χ0) is 15.1. The van der Waals surface area contributed by atoms with Gasteiger partial charge in [-0.3, -0.25) is 14.6 Å². The van der Waals surface area contributed by atoms with Crippen LogP contribution in [0.3, 0.4) is 0 Å². The molecule has 1 amide bonds. The number of aromatic amines is 1. The van der Waals surface area contributed by atoms with E-state index in [0.29, 0.717) is 17.4 Å². The van der Waals surface area contributed by atoms with Gasteiger partial charge in [0, 0.05) is 6.54 Å². The second-order valence-electron chi connectivity index (χ2n) is 5.04. The molecular formula is C14H20N4O2S. The first-order chi connectivity index (χ1) is 10.1. The van der Waals surface area contributed by atoms with E-state index in [9.17, 15) is 9.59 Å². The van der Waals surface area contributed by atoms with Gasteiger partial charge in [-0.2, -0.15) is 0 Å². The zero-order valence-electron chi connectivity index (χ0n) is 12.1. The van der Waals surface area contributed by atoms with Crippen LogP contribution in [0.5, 0.6) is 0 Å². The maximum Gasteiger partial charge on any atom is 0.273 e. The molecule has 0 aromatic carbocycles. The van der Waals surface area contributed by atoms with Gasteiger partial charge in [-0.1, -0.05) is 23.4 Å². The monoisotopic (exact) mass is 308 g/mol. The number of H-pyrrole nitrogens is 1. The smallest absolute Gasteiger partial charge is 0.273 e. The van der Waals surface area contributed by atoms with Crippen molar-refractivity contribution in [2.45, 2.75) is 44.2 Å². The Morgan fingerprint density at radius 2 is 2.29 bits per heavy atom. The molecule has 0 bridgehead atoms. The number of allylic oxidation sites excluding steroid dienone is 1. The molecule has 0 aliphatic heterocycles. The Labute approximate surface area is 127 Å². The van der Waals surface area contributed by atoms with Gasteiger partial charge in [-0.15, -0.1) is 10.2 Å². The standard InChI is InChI=1S/C14H20N4O2S/c1-10-13(20)16-14(18-17-10)21-9-12(19)15-8-7-11-5-3-2-4-6-11/h5H,2-4,6-9H2,1H3,(H,15,19)(H,16,18,20). The van der Waals surface area contributed by atoms with Crippen molar-refractivity contribution >= 4 is 17.7 Å². The van der Waals surface area contributed by atoms with E-state index in [1.807, 2.05) is 0 Å². The summed E-state index contributed by atoms with van der Waals surface area (Å²) in [6, 6.07) is 0. The molecule has 0 saturated heterocycles. The third kappa shape index (κ3) is 5.34. The highest BCUT2D eigenvalue weighted by molar-refractivity contribution is 7.99. The highest BCUT2D eigenvalue weighted by atomic mass is 32.2. The van der Waals surface area contributed by atoms with Gasteiger partial charge in [0.1, 0.15) is 5.69 Å². The van der Waals surface area contributed by atoms with E-state index in [0.717, 1.165) is 12.8 Å². The topological polar surface area (TPSA) is 87.7 Å². The third-order valence-corrected chi connectivity index (χ3v) is 4.20. The number of aryl methyl sites for hydroxylation is 1. The number of thioether (sulfide) groups is 1. The number of hydrogen-bond donors (Lipinski definition) is 2. The molecule has 0 unspecified atom stereocenters. The van der Waals surface area contributed by atoms with Crippen LogP contribution < -0.4 is 10.9 Å². The Morgan fingerprint density at radius 1 is 1.43 bits per heavy atom. The van der Waals surface area contributed by atoms with Crippen LogP contribution in [-0.4, -0.2) is 33.4 Å². The van der Waals surface area contributed by atoms with Crippen molar-refractivity contribution in [3.8, 4) is 0 Å². The first-order valence-electron chi connectivity index (χ1n) is 7.16. The number of nitrogens with zero attached hydrogens (tertiary/aromatic N) is 2. The Morgan fingerprint density at radius 3 is 3.00 bits per heavy atom. The highest BCUT2D eigenvalue weighted by Crippen LogP contribution is 2.19. The van der Waals surface area contributed by atoms with Crippen LogP contribution in [0.4, 0.5) is 0 Å². The van der Waals surface area contributed by atoms with Crippen LogP contribution in [-0.2, 0) is 4.79 Å². The second-order valence-corrected chi connectivity index (χ2v) is 6.01. The molecule has 114 valence electrons. The highest BCUT2D eigenvalue weighted by Gasteiger charge is 2.07. The Kier molecular flexibility index (Phi) is 5.98. The Hall–Kier alpha value is -1.63. The number of carbonyl (C=O) groups is 1. The van der Waals surface area contributed by atoms with Gasteiger partial charge in [-0.05, 0) is 39.0 Å². The van der Waals surface area contributed by atoms with E-state index >= 15 is 0 Å². The largest absolute Gasteiger partial charge is 0.355 e.